The molecule has 0 saturated carbocycles. The highest BCUT2D eigenvalue weighted by atomic mass is 32.2. The van der Waals surface area contributed by atoms with Crippen LogP contribution in [0.25, 0.3) is 11.1 Å². The van der Waals surface area contributed by atoms with E-state index in [1.165, 1.54) is 6.07 Å². The molecule has 0 saturated heterocycles. The second-order valence-corrected chi connectivity index (χ2v) is 5.82. The number of rotatable bonds is 2. The summed E-state index contributed by atoms with van der Waals surface area (Å²) in [6, 6.07) is 12.6. The minimum absolute atomic E-state index is 0.0312. The molecule has 1 radical (unpaired) electrons. The van der Waals surface area contributed by atoms with E-state index >= 15 is 0 Å². The lowest BCUT2D eigenvalue weighted by atomic mass is 10.00. The SMILES string of the molecule is Cc1ccc(-c2cc(S([NH])(=O)=O)ccc2C)cc1. The molecule has 2 aromatic carbocycles. The van der Waals surface area contributed by atoms with Crippen LogP contribution in [0.5, 0.6) is 0 Å². The first-order valence-corrected chi connectivity index (χ1v) is 7.03. The Hall–Kier alpha value is -1.65. The van der Waals surface area contributed by atoms with Crippen LogP contribution in [0.4, 0.5) is 0 Å². The molecule has 0 amide bonds. The fourth-order valence-corrected chi connectivity index (χ4v) is 2.33. The topological polar surface area (TPSA) is 57.9 Å². The quantitative estimate of drug-likeness (QED) is 0.833. The first-order valence-electron chi connectivity index (χ1n) is 5.55. The van der Waals surface area contributed by atoms with Crippen molar-refractivity contribution in [1.82, 2.24) is 5.14 Å². The van der Waals surface area contributed by atoms with Crippen LogP contribution < -0.4 is 5.14 Å². The first-order chi connectivity index (χ1) is 8.38. The van der Waals surface area contributed by atoms with Crippen molar-refractivity contribution in [2.24, 2.45) is 0 Å². The molecule has 0 spiro atoms. The van der Waals surface area contributed by atoms with E-state index < -0.39 is 10.0 Å². The Bertz CT molecular complexity index is 673. The van der Waals surface area contributed by atoms with Crippen molar-refractivity contribution in [3.8, 4) is 11.1 Å². The maximum Gasteiger partial charge on any atom is 0.254 e. The number of nitrogens with one attached hydrogen (secondary N) is 1. The van der Waals surface area contributed by atoms with Gasteiger partial charge < -0.3 is 0 Å². The van der Waals surface area contributed by atoms with Gasteiger partial charge in [-0.15, -0.1) is 5.14 Å². The van der Waals surface area contributed by atoms with E-state index in [0.29, 0.717) is 0 Å². The van der Waals surface area contributed by atoms with Crippen LogP contribution in [-0.4, -0.2) is 8.42 Å². The zero-order valence-corrected chi connectivity index (χ0v) is 11.1. The van der Waals surface area contributed by atoms with Gasteiger partial charge in [0, 0.05) is 0 Å². The predicted octanol–water partition coefficient (Wildman–Crippen LogP) is 2.94. The van der Waals surface area contributed by atoms with Crippen LogP contribution in [0.15, 0.2) is 47.4 Å². The lowest BCUT2D eigenvalue weighted by Gasteiger charge is -2.08. The van der Waals surface area contributed by atoms with Crippen molar-refractivity contribution in [2.45, 2.75) is 18.7 Å². The third-order valence-corrected chi connectivity index (χ3v) is 3.76. The van der Waals surface area contributed by atoms with E-state index in [0.717, 1.165) is 22.3 Å². The number of sulfonamides is 1. The summed E-state index contributed by atoms with van der Waals surface area (Å²) in [5.41, 5.74) is 3.96. The summed E-state index contributed by atoms with van der Waals surface area (Å²) < 4.78 is 22.5. The predicted molar refractivity (Wildman–Crippen MR) is 71.6 cm³/mol. The van der Waals surface area contributed by atoms with Gasteiger partial charge in [0.2, 0.25) is 0 Å². The molecule has 0 aliphatic rings. The summed E-state index contributed by atoms with van der Waals surface area (Å²) in [5, 5.41) is 7.11. The molecule has 2 aromatic rings. The number of benzene rings is 2. The van der Waals surface area contributed by atoms with Gasteiger partial charge in [-0.25, -0.2) is 8.42 Å². The Morgan fingerprint density at radius 1 is 0.944 bits per heavy atom. The smallest absolute Gasteiger partial charge is 0.206 e. The van der Waals surface area contributed by atoms with Crippen LogP contribution in [0, 0.1) is 13.8 Å². The highest BCUT2D eigenvalue weighted by molar-refractivity contribution is 7.88. The van der Waals surface area contributed by atoms with Gasteiger partial charge in [-0.05, 0) is 42.7 Å². The molecular formula is C14H14NO2S. The molecule has 0 aromatic heterocycles. The monoisotopic (exact) mass is 260 g/mol. The van der Waals surface area contributed by atoms with E-state index in [9.17, 15) is 8.42 Å². The molecule has 93 valence electrons. The highest BCUT2D eigenvalue weighted by Crippen LogP contribution is 2.26. The number of hydrogen-bond donors (Lipinski definition) is 0. The standard InChI is InChI=1S/C14H14NO2S/c1-10-3-6-12(7-4-10)14-9-13(18(15,16)17)8-5-11(14)2/h3-9,15H,1-2H3. The van der Waals surface area contributed by atoms with E-state index in [1.54, 1.807) is 12.1 Å². The Morgan fingerprint density at radius 2 is 1.56 bits per heavy atom. The van der Waals surface area contributed by atoms with Gasteiger partial charge in [0.15, 0.2) is 0 Å². The average molecular weight is 260 g/mol. The Labute approximate surface area is 107 Å². The Morgan fingerprint density at radius 3 is 2.11 bits per heavy atom. The molecule has 0 aliphatic heterocycles. The van der Waals surface area contributed by atoms with Crippen molar-refractivity contribution < 1.29 is 8.42 Å². The van der Waals surface area contributed by atoms with Crippen molar-refractivity contribution in [3.05, 3.63) is 53.6 Å². The largest absolute Gasteiger partial charge is 0.254 e. The molecule has 3 nitrogen and oxygen atoms in total. The van der Waals surface area contributed by atoms with E-state index in [1.807, 2.05) is 38.1 Å². The lowest BCUT2D eigenvalue weighted by Crippen LogP contribution is -2.01. The maximum absolute atomic E-state index is 11.2. The van der Waals surface area contributed by atoms with E-state index in [2.05, 4.69) is 0 Å². The summed E-state index contributed by atoms with van der Waals surface area (Å²) in [4.78, 5) is 0.0312. The van der Waals surface area contributed by atoms with Gasteiger partial charge in [-0.1, -0.05) is 35.9 Å². The molecule has 0 heterocycles. The lowest BCUT2D eigenvalue weighted by molar-refractivity contribution is 0.596. The fourth-order valence-electron chi connectivity index (χ4n) is 1.81. The van der Waals surface area contributed by atoms with Gasteiger partial charge in [-0.2, -0.15) is 0 Å². The van der Waals surface area contributed by atoms with E-state index in [-0.39, 0.29) is 4.90 Å². The van der Waals surface area contributed by atoms with Gasteiger partial charge in [0.25, 0.3) is 10.0 Å². The molecule has 18 heavy (non-hydrogen) atoms. The normalized spacial score (nSPS) is 11.5. The van der Waals surface area contributed by atoms with Crippen LogP contribution in [0.1, 0.15) is 11.1 Å². The molecule has 2 rings (SSSR count). The zero-order valence-electron chi connectivity index (χ0n) is 10.3. The van der Waals surface area contributed by atoms with Crippen LogP contribution in [0.3, 0.4) is 0 Å². The maximum atomic E-state index is 11.2. The van der Waals surface area contributed by atoms with E-state index in [4.69, 9.17) is 5.14 Å². The van der Waals surface area contributed by atoms with Gasteiger partial charge in [-0.3, -0.25) is 0 Å². The molecule has 0 fully saturated rings. The van der Waals surface area contributed by atoms with Crippen LogP contribution >= 0.6 is 0 Å². The minimum Gasteiger partial charge on any atom is -0.206 e. The highest BCUT2D eigenvalue weighted by Gasteiger charge is 2.11. The molecule has 0 bridgehead atoms. The van der Waals surface area contributed by atoms with Crippen LogP contribution in [0.2, 0.25) is 0 Å². The molecule has 1 N–H and O–H groups in total. The summed E-state index contributed by atoms with van der Waals surface area (Å²) in [5.74, 6) is 0. The van der Waals surface area contributed by atoms with Gasteiger partial charge in [0.1, 0.15) is 0 Å². The van der Waals surface area contributed by atoms with Crippen molar-refractivity contribution in [2.75, 3.05) is 0 Å². The third kappa shape index (κ3) is 2.60. The average Bonchev–Trinajstić information content (AvgIpc) is 2.29. The molecule has 0 unspecified atom stereocenters. The van der Waals surface area contributed by atoms with Crippen molar-refractivity contribution in [3.63, 3.8) is 0 Å². The molecular weight excluding hydrogens is 246 g/mol. The summed E-state index contributed by atoms with van der Waals surface area (Å²) in [6.45, 7) is 3.93. The molecule has 4 heteroatoms. The number of aryl methyl sites for hydroxylation is 2. The summed E-state index contributed by atoms with van der Waals surface area (Å²) in [7, 11) is -3.91. The van der Waals surface area contributed by atoms with Gasteiger partial charge >= 0.3 is 0 Å². The molecule has 0 aliphatic carbocycles. The van der Waals surface area contributed by atoms with Crippen LogP contribution in [-0.2, 0) is 10.0 Å². The van der Waals surface area contributed by atoms with Gasteiger partial charge in [0.05, 0.1) is 4.90 Å². The second-order valence-electron chi connectivity index (χ2n) is 4.35. The zero-order chi connectivity index (χ0) is 13.3. The minimum atomic E-state index is -3.91. The first kappa shape index (κ1) is 12.8. The fraction of sp³-hybridized carbons (Fsp3) is 0.143. The summed E-state index contributed by atoms with van der Waals surface area (Å²) >= 11 is 0. The van der Waals surface area contributed by atoms with Crippen molar-refractivity contribution >= 4 is 10.0 Å². The summed E-state index contributed by atoms with van der Waals surface area (Å²) in [6.07, 6.45) is 0. The number of hydrogen-bond acceptors (Lipinski definition) is 2. The third-order valence-electron chi connectivity index (χ3n) is 2.88. The Balaban J connectivity index is 2.60. The molecule has 0 atom stereocenters. The second kappa shape index (κ2) is 4.55. The van der Waals surface area contributed by atoms with Crippen molar-refractivity contribution in [1.29, 1.82) is 0 Å². The Kier molecular flexibility index (Phi) is 3.24.